The van der Waals surface area contributed by atoms with Crippen molar-refractivity contribution in [2.45, 2.75) is 78.8 Å². The summed E-state index contributed by atoms with van der Waals surface area (Å²) in [5.41, 5.74) is 8.94. The maximum absolute atomic E-state index is 13.7. The minimum absolute atomic E-state index is 0.0237. The number of halogens is 3. The zero-order valence-corrected chi connectivity index (χ0v) is 29.1. The second-order valence-electron chi connectivity index (χ2n) is 15.4. The summed E-state index contributed by atoms with van der Waals surface area (Å²) in [6, 6.07) is 27.9. The molecule has 6 aromatic rings. The summed E-state index contributed by atoms with van der Waals surface area (Å²) in [6.07, 6.45) is -2.39. The van der Waals surface area contributed by atoms with Crippen molar-refractivity contribution in [3.05, 3.63) is 113 Å². The van der Waals surface area contributed by atoms with Crippen LogP contribution in [0.1, 0.15) is 76.3 Å². The lowest BCUT2D eigenvalue weighted by atomic mass is 9.79. The molecule has 2 aromatic heterocycles. The Kier molecular flexibility index (Phi) is 7.08. The number of hydrogen-bond acceptors (Lipinski definition) is 2. The molecule has 0 fully saturated rings. The summed E-state index contributed by atoms with van der Waals surface area (Å²) in [4.78, 5) is 6.17. The molecule has 0 bridgehead atoms. The van der Waals surface area contributed by atoms with Crippen LogP contribution in [0.5, 0.6) is 0 Å². The Morgan fingerprint density at radius 2 is 1.43 bits per heavy atom. The van der Waals surface area contributed by atoms with E-state index in [2.05, 4.69) is 102 Å². The molecule has 0 aliphatic heterocycles. The molecule has 0 atom stereocenters. The largest absolute Gasteiger partial charge is 0.394 e. The molecule has 0 spiro atoms. The maximum atomic E-state index is 13.7. The highest BCUT2D eigenvalue weighted by Crippen LogP contribution is 2.52. The summed E-state index contributed by atoms with van der Waals surface area (Å²) in [5, 5.41) is 3.70. The Morgan fingerprint density at radius 3 is 2.13 bits per heavy atom. The van der Waals surface area contributed by atoms with E-state index in [1.807, 2.05) is 24.4 Å². The van der Waals surface area contributed by atoms with Crippen LogP contribution in [-0.2, 0) is 17.3 Å². The standard InChI is InChI=1S/C42H40F3NS/c1-24-29-17-18-46-36(28-20-26-11-9-10-12-30(26)33(22-28)39(2,3)4)38(29)47-37(24)27-14-16-32-31-15-13-25(23-40(5,6)42(43,44)45)19-34(31)41(7,8)35(32)21-27/h9-22H,23H2,1-8H3. The predicted molar refractivity (Wildman–Crippen MR) is 193 cm³/mol. The summed E-state index contributed by atoms with van der Waals surface area (Å²) in [5.74, 6) is 0. The topological polar surface area (TPSA) is 12.9 Å². The molecular formula is C42H40F3NS. The van der Waals surface area contributed by atoms with Gasteiger partial charge < -0.3 is 0 Å². The fraction of sp³-hybridized carbons (Fsp3) is 0.310. The molecule has 47 heavy (non-hydrogen) atoms. The third-order valence-corrected chi connectivity index (χ3v) is 11.6. The highest BCUT2D eigenvalue weighted by atomic mass is 32.1. The van der Waals surface area contributed by atoms with Crippen molar-refractivity contribution in [1.82, 2.24) is 4.98 Å². The molecule has 4 aromatic carbocycles. The normalized spacial score (nSPS) is 14.5. The van der Waals surface area contributed by atoms with Gasteiger partial charge in [0.05, 0.1) is 15.8 Å². The van der Waals surface area contributed by atoms with Gasteiger partial charge in [-0.1, -0.05) is 103 Å². The number of hydrogen-bond donors (Lipinski definition) is 0. The van der Waals surface area contributed by atoms with Crippen molar-refractivity contribution in [2.24, 2.45) is 5.41 Å². The van der Waals surface area contributed by atoms with Crippen molar-refractivity contribution in [3.8, 4) is 32.8 Å². The van der Waals surface area contributed by atoms with Gasteiger partial charge in [0.15, 0.2) is 0 Å². The molecule has 0 saturated heterocycles. The Morgan fingerprint density at radius 1 is 0.745 bits per heavy atom. The Labute approximate surface area is 279 Å². The van der Waals surface area contributed by atoms with E-state index in [1.165, 1.54) is 56.3 Å². The highest BCUT2D eigenvalue weighted by Gasteiger charge is 2.47. The van der Waals surface area contributed by atoms with Crippen LogP contribution in [0.4, 0.5) is 13.2 Å². The lowest BCUT2D eigenvalue weighted by Crippen LogP contribution is -2.34. The van der Waals surface area contributed by atoms with Crippen LogP contribution < -0.4 is 0 Å². The van der Waals surface area contributed by atoms with Crippen molar-refractivity contribution in [3.63, 3.8) is 0 Å². The molecule has 0 N–H and O–H groups in total. The number of thiophene rings is 1. The molecule has 0 radical (unpaired) electrons. The maximum Gasteiger partial charge on any atom is 0.394 e. The van der Waals surface area contributed by atoms with E-state index in [-0.39, 0.29) is 17.3 Å². The molecule has 1 nitrogen and oxygen atoms in total. The molecule has 0 saturated carbocycles. The zero-order valence-electron chi connectivity index (χ0n) is 28.3. The first-order valence-electron chi connectivity index (χ1n) is 16.2. The van der Waals surface area contributed by atoms with Gasteiger partial charge in [0.2, 0.25) is 0 Å². The van der Waals surface area contributed by atoms with E-state index < -0.39 is 11.6 Å². The van der Waals surface area contributed by atoms with Gasteiger partial charge in [-0.05, 0) is 104 Å². The number of rotatable bonds is 4. The number of aromatic nitrogens is 1. The van der Waals surface area contributed by atoms with Crippen LogP contribution in [-0.4, -0.2) is 11.2 Å². The molecule has 1 aliphatic carbocycles. The average Bonchev–Trinajstić information content (AvgIpc) is 3.45. The van der Waals surface area contributed by atoms with Crippen LogP contribution in [0.2, 0.25) is 0 Å². The number of alkyl halides is 3. The van der Waals surface area contributed by atoms with Crippen molar-refractivity contribution >= 4 is 32.2 Å². The van der Waals surface area contributed by atoms with Crippen LogP contribution in [0.25, 0.3) is 53.7 Å². The van der Waals surface area contributed by atoms with Crippen molar-refractivity contribution in [2.75, 3.05) is 0 Å². The molecular weight excluding hydrogens is 608 g/mol. The molecule has 0 amide bonds. The van der Waals surface area contributed by atoms with Crippen LogP contribution >= 0.6 is 11.3 Å². The molecule has 240 valence electrons. The van der Waals surface area contributed by atoms with Gasteiger partial charge in [-0.15, -0.1) is 11.3 Å². The number of aryl methyl sites for hydroxylation is 1. The van der Waals surface area contributed by atoms with Gasteiger partial charge in [0.1, 0.15) is 0 Å². The highest BCUT2D eigenvalue weighted by molar-refractivity contribution is 7.23. The number of benzene rings is 4. The third kappa shape index (κ3) is 5.09. The average molecular weight is 648 g/mol. The molecule has 2 heterocycles. The summed E-state index contributed by atoms with van der Waals surface area (Å²) < 4.78 is 42.3. The lowest BCUT2D eigenvalue weighted by molar-refractivity contribution is -0.211. The Hall–Kier alpha value is -3.96. The molecule has 5 heteroatoms. The number of fused-ring (bicyclic) bond motifs is 5. The van der Waals surface area contributed by atoms with Gasteiger partial charge >= 0.3 is 6.18 Å². The number of pyridine rings is 1. The second-order valence-corrected chi connectivity index (χ2v) is 16.4. The van der Waals surface area contributed by atoms with E-state index in [1.54, 1.807) is 11.3 Å². The predicted octanol–water partition coefficient (Wildman–Crippen LogP) is 12.8. The van der Waals surface area contributed by atoms with Crippen LogP contribution in [0.3, 0.4) is 0 Å². The Balaban J connectivity index is 1.32. The molecule has 0 unspecified atom stereocenters. The summed E-state index contributed by atoms with van der Waals surface area (Å²) in [7, 11) is 0. The van der Waals surface area contributed by atoms with E-state index in [4.69, 9.17) is 4.98 Å². The third-order valence-electron chi connectivity index (χ3n) is 10.2. The summed E-state index contributed by atoms with van der Waals surface area (Å²) in [6.45, 7) is 15.9. The van der Waals surface area contributed by atoms with Crippen molar-refractivity contribution in [1.29, 1.82) is 0 Å². The smallest absolute Gasteiger partial charge is 0.255 e. The van der Waals surface area contributed by atoms with E-state index in [0.717, 1.165) is 39.1 Å². The van der Waals surface area contributed by atoms with Crippen LogP contribution in [0, 0.1) is 12.3 Å². The van der Waals surface area contributed by atoms with E-state index in [0.29, 0.717) is 0 Å². The second kappa shape index (κ2) is 10.5. The first-order valence-corrected chi connectivity index (χ1v) is 17.1. The molecule has 7 rings (SSSR count). The zero-order chi connectivity index (χ0) is 33.7. The number of nitrogens with zero attached hydrogens (tertiary/aromatic N) is 1. The van der Waals surface area contributed by atoms with Gasteiger partial charge in [-0.25, -0.2) is 0 Å². The van der Waals surface area contributed by atoms with E-state index >= 15 is 0 Å². The fourth-order valence-electron chi connectivity index (χ4n) is 7.34. The first-order chi connectivity index (χ1) is 22.0. The van der Waals surface area contributed by atoms with E-state index in [9.17, 15) is 13.2 Å². The van der Waals surface area contributed by atoms with Crippen molar-refractivity contribution < 1.29 is 13.2 Å². The molecule has 1 aliphatic rings. The lowest BCUT2D eigenvalue weighted by Gasteiger charge is -2.28. The SMILES string of the molecule is Cc1c(-c2ccc3c(c2)C(C)(C)c2cc(CC(C)(C)C(F)(F)F)ccc2-3)sc2c(-c3cc(C(C)(C)C)c4ccccc4c3)nccc12. The van der Waals surface area contributed by atoms with Gasteiger partial charge in [-0.2, -0.15) is 13.2 Å². The van der Waals surface area contributed by atoms with Gasteiger partial charge in [0.25, 0.3) is 0 Å². The van der Waals surface area contributed by atoms with Gasteiger partial charge in [0, 0.05) is 22.1 Å². The fourth-order valence-corrected chi connectivity index (χ4v) is 8.65. The van der Waals surface area contributed by atoms with Crippen LogP contribution in [0.15, 0.2) is 85.1 Å². The van der Waals surface area contributed by atoms with Gasteiger partial charge in [-0.3, -0.25) is 4.98 Å². The minimum Gasteiger partial charge on any atom is -0.255 e. The monoisotopic (exact) mass is 647 g/mol. The first kappa shape index (κ1) is 31.6. The quantitative estimate of drug-likeness (QED) is 0.186. The summed E-state index contributed by atoms with van der Waals surface area (Å²) >= 11 is 1.79. The minimum atomic E-state index is -4.26. The Bertz CT molecular complexity index is 2210.